The summed E-state index contributed by atoms with van der Waals surface area (Å²) in [5, 5.41) is 10.1. The number of carbonyl (C=O) groups is 1. The van der Waals surface area contributed by atoms with Crippen molar-refractivity contribution in [3.8, 4) is 0 Å². The third kappa shape index (κ3) is 4.74. The second kappa shape index (κ2) is 7.46. The van der Waals surface area contributed by atoms with E-state index in [4.69, 9.17) is 27.9 Å². The highest BCUT2D eigenvalue weighted by Crippen LogP contribution is 2.23. The Morgan fingerprint density at radius 1 is 1.05 bits per heavy atom. The third-order valence-corrected chi connectivity index (χ3v) is 3.71. The van der Waals surface area contributed by atoms with Gasteiger partial charge in [0.2, 0.25) is 0 Å². The molecule has 0 heterocycles. The predicted molar refractivity (Wildman–Crippen MR) is 82.8 cm³/mol. The smallest absolute Gasteiger partial charge is 0.333 e. The molecule has 5 heteroatoms. The molecule has 2 aromatic carbocycles. The molecular weight excluding hydrogens is 311 g/mol. The van der Waals surface area contributed by atoms with Crippen molar-refractivity contribution in [2.45, 2.75) is 19.1 Å². The van der Waals surface area contributed by atoms with Crippen LogP contribution < -0.4 is 0 Å². The maximum atomic E-state index is 11.3. The summed E-state index contributed by atoms with van der Waals surface area (Å²) in [6.45, 7) is 0.249. The predicted octanol–water partition coefficient (Wildman–Crippen LogP) is 4.21. The van der Waals surface area contributed by atoms with Crippen molar-refractivity contribution in [1.29, 1.82) is 0 Å². The molecule has 0 aliphatic carbocycles. The number of hydrogen-bond acceptors (Lipinski definition) is 2. The minimum atomic E-state index is -1.00. The van der Waals surface area contributed by atoms with E-state index in [1.165, 1.54) is 0 Å². The van der Waals surface area contributed by atoms with Crippen LogP contribution in [0.5, 0.6) is 0 Å². The fourth-order valence-electron chi connectivity index (χ4n) is 1.87. The van der Waals surface area contributed by atoms with Gasteiger partial charge in [-0.2, -0.15) is 0 Å². The SMILES string of the molecule is O=C(O)[C@@H](Cc1ccc(Cl)c(Cl)c1)OCc1ccccc1. The van der Waals surface area contributed by atoms with Gasteiger partial charge in [-0.3, -0.25) is 0 Å². The molecule has 0 saturated carbocycles. The Labute approximate surface area is 133 Å². The van der Waals surface area contributed by atoms with Gasteiger partial charge in [0.1, 0.15) is 0 Å². The zero-order chi connectivity index (χ0) is 15.2. The lowest BCUT2D eigenvalue weighted by atomic mass is 10.1. The van der Waals surface area contributed by atoms with Crippen molar-refractivity contribution in [1.82, 2.24) is 0 Å². The quantitative estimate of drug-likeness (QED) is 0.865. The second-order valence-corrected chi connectivity index (χ2v) is 5.39. The normalized spacial score (nSPS) is 12.1. The standard InChI is InChI=1S/C16H14Cl2O3/c17-13-7-6-12(8-14(13)18)9-15(16(19)20)21-10-11-4-2-1-3-5-11/h1-8,15H,9-10H2,(H,19,20)/t15-/m1/s1. The van der Waals surface area contributed by atoms with Crippen molar-refractivity contribution < 1.29 is 14.6 Å². The molecule has 0 aliphatic rings. The van der Waals surface area contributed by atoms with Crippen molar-refractivity contribution in [3.63, 3.8) is 0 Å². The Bertz CT molecular complexity index is 614. The average Bonchev–Trinajstić information content (AvgIpc) is 2.48. The lowest BCUT2D eigenvalue weighted by Gasteiger charge is -2.14. The minimum Gasteiger partial charge on any atom is -0.479 e. The van der Waals surface area contributed by atoms with Gasteiger partial charge in [-0.1, -0.05) is 59.6 Å². The van der Waals surface area contributed by atoms with Crippen molar-refractivity contribution in [2.24, 2.45) is 0 Å². The first-order valence-electron chi connectivity index (χ1n) is 6.38. The van der Waals surface area contributed by atoms with Gasteiger partial charge < -0.3 is 9.84 Å². The summed E-state index contributed by atoms with van der Waals surface area (Å²) in [6.07, 6.45) is -0.693. The van der Waals surface area contributed by atoms with Gasteiger partial charge in [0, 0.05) is 6.42 Å². The van der Waals surface area contributed by atoms with E-state index in [9.17, 15) is 9.90 Å². The van der Waals surface area contributed by atoms with Crippen molar-refractivity contribution in [3.05, 3.63) is 69.7 Å². The lowest BCUT2D eigenvalue weighted by molar-refractivity contribution is -0.151. The van der Waals surface area contributed by atoms with Crippen LogP contribution in [0.15, 0.2) is 48.5 Å². The number of aliphatic carboxylic acids is 1. The van der Waals surface area contributed by atoms with Crippen LogP contribution in [-0.4, -0.2) is 17.2 Å². The van der Waals surface area contributed by atoms with Crippen LogP contribution in [0.4, 0.5) is 0 Å². The molecule has 0 fully saturated rings. The molecule has 0 aromatic heterocycles. The van der Waals surface area contributed by atoms with Crippen LogP contribution in [0, 0.1) is 0 Å². The number of carboxylic acid groups (broad SMARTS) is 1. The second-order valence-electron chi connectivity index (χ2n) is 4.58. The first kappa shape index (κ1) is 15.8. The van der Waals surface area contributed by atoms with E-state index in [0.29, 0.717) is 10.0 Å². The van der Waals surface area contributed by atoms with Gasteiger partial charge >= 0.3 is 5.97 Å². The monoisotopic (exact) mass is 324 g/mol. The molecule has 1 atom stereocenters. The van der Waals surface area contributed by atoms with Crippen molar-refractivity contribution in [2.75, 3.05) is 0 Å². The number of hydrogen-bond donors (Lipinski definition) is 1. The molecule has 0 radical (unpaired) electrons. The first-order valence-corrected chi connectivity index (χ1v) is 7.14. The number of rotatable bonds is 6. The molecule has 110 valence electrons. The number of benzene rings is 2. The minimum absolute atomic E-state index is 0.235. The number of halogens is 2. The van der Waals surface area contributed by atoms with Gasteiger partial charge in [-0.15, -0.1) is 0 Å². The highest BCUT2D eigenvalue weighted by molar-refractivity contribution is 6.42. The molecule has 3 nitrogen and oxygen atoms in total. The fourth-order valence-corrected chi connectivity index (χ4v) is 2.19. The van der Waals surface area contributed by atoms with E-state index in [1.807, 2.05) is 30.3 Å². The molecule has 0 bridgehead atoms. The molecular formula is C16H14Cl2O3. The summed E-state index contributed by atoms with van der Waals surface area (Å²) in [7, 11) is 0. The van der Waals surface area contributed by atoms with Gasteiger partial charge in [0.05, 0.1) is 16.7 Å². The fraction of sp³-hybridized carbons (Fsp3) is 0.188. The molecule has 0 saturated heterocycles. The van der Waals surface area contributed by atoms with Crippen LogP contribution in [0.1, 0.15) is 11.1 Å². The molecule has 0 amide bonds. The highest BCUT2D eigenvalue weighted by Gasteiger charge is 2.19. The van der Waals surface area contributed by atoms with E-state index >= 15 is 0 Å². The van der Waals surface area contributed by atoms with Crippen LogP contribution in [0.25, 0.3) is 0 Å². The van der Waals surface area contributed by atoms with E-state index in [2.05, 4.69) is 0 Å². The summed E-state index contributed by atoms with van der Waals surface area (Å²) < 4.78 is 5.49. The van der Waals surface area contributed by atoms with E-state index in [-0.39, 0.29) is 13.0 Å². The number of ether oxygens (including phenoxy) is 1. The molecule has 21 heavy (non-hydrogen) atoms. The van der Waals surface area contributed by atoms with E-state index < -0.39 is 12.1 Å². The van der Waals surface area contributed by atoms with Crippen LogP contribution in [0.2, 0.25) is 10.0 Å². The molecule has 2 aromatic rings. The van der Waals surface area contributed by atoms with Gasteiger partial charge in [-0.25, -0.2) is 4.79 Å². The van der Waals surface area contributed by atoms with E-state index in [0.717, 1.165) is 11.1 Å². The highest BCUT2D eigenvalue weighted by atomic mass is 35.5. The molecule has 1 N–H and O–H groups in total. The maximum absolute atomic E-state index is 11.3. The molecule has 0 aliphatic heterocycles. The van der Waals surface area contributed by atoms with Gasteiger partial charge in [-0.05, 0) is 23.3 Å². The van der Waals surface area contributed by atoms with Crippen LogP contribution in [-0.2, 0) is 22.6 Å². The average molecular weight is 325 g/mol. The Balaban J connectivity index is 2.02. The van der Waals surface area contributed by atoms with Crippen molar-refractivity contribution >= 4 is 29.2 Å². The zero-order valence-electron chi connectivity index (χ0n) is 11.1. The Hall–Kier alpha value is -1.55. The van der Waals surface area contributed by atoms with Gasteiger partial charge in [0.15, 0.2) is 6.10 Å². The topological polar surface area (TPSA) is 46.5 Å². The maximum Gasteiger partial charge on any atom is 0.333 e. The molecule has 0 spiro atoms. The van der Waals surface area contributed by atoms with Gasteiger partial charge in [0.25, 0.3) is 0 Å². The Morgan fingerprint density at radius 3 is 2.38 bits per heavy atom. The lowest BCUT2D eigenvalue weighted by Crippen LogP contribution is -2.26. The third-order valence-electron chi connectivity index (χ3n) is 2.97. The summed E-state index contributed by atoms with van der Waals surface area (Å²) in [5.41, 5.74) is 1.70. The first-order chi connectivity index (χ1) is 10.1. The van der Waals surface area contributed by atoms with Crippen LogP contribution >= 0.6 is 23.2 Å². The summed E-state index contributed by atoms with van der Waals surface area (Å²) in [5.74, 6) is -1.00. The number of carboxylic acids is 1. The van der Waals surface area contributed by atoms with E-state index in [1.54, 1.807) is 18.2 Å². The summed E-state index contributed by atoms with van der Waals surface area (Å²) in [6, 6.07) is 14.5. The molecule has 0 unspecified atom stereocenters. The largest absolute Gasteiger partial charge is 0.479 e. The summed E-state index contributed by atoms with van der Waals surface area (Å²) in [4.78, 5) is 11.3. The van der Waals surface area contributed by atoms with Crippen LogP contribution in [0.3, 0.4) is 0 Å². The Kier molecular flexibility index (Phi) is 5.62. The molecule has 2 rings (SSSR count). The Morgan fingerprint density at radius 2 is 1.76 bits per heavy atom. The summed E-state index contributed by atoms with van der Waals surface area (Å²) >= 11 is 11.8. The zero-order valence-corrected chi connectivity index (χ0v) is 12.6.